The summed E-state index contributed by atoms with van der Waals surface area (Å²) < 4.78 is 22.8. The average molecular weight is 450 g/mol. The van der Waals surface area contributed by atoms with Crippen molar-refractivity contribution in [3.05, 3.63) is 68.6 Å². The molecule has 0 aliphatic carbocycles. The molecule has 0 saturated carbocycles. The molecule has 0 unspecified atom stereocenters. The fourth-order valence-electron chi connectivity index (χ4n) is 4.84. The number of rotatable bonds is 5. The Hall–Kier alpha value is -3.32. The Morgan fingerprint density at radius 1 is 1.03 bits per heavy atom. The Morgan fingerprint density at radius 3 is 2.48 bits per heavy atom. The van der Waals surface area contributed by atoms with Crippen molar-refractivity contribution in [2.75, 3.05) is 27.4 Å². The Labute approximate surface area is 191 Å². The van der Waals surface area contributed by atoms with Gasteiger partial charge in [-0.25, -0.2) is 0 Å². The molecule has 172 valence electrons. The molecule has 1 amide bonds. The van der Waals surface area contributed by atoms with E-state index in [1.807, 2.05) is 38.1 Å². The summed E-state index contributed by atoms with van der Waals surface area (Å²) in [6.07, 6.45) is 1.76. The van der Waals surface area contributed by atoms with Gasteiger partial charge in [-0.15, -0.1) is 0 Å². The lowest BCUT2D eigenvalue weighted by molar-refractivity contribution is 0.0486. The smallest absolute Gasteiger partial charge is 0.291 e. The van der Waals surface area contributed by atoms with Crippen LogP contribution in [0.5, 0.6) is 11.5 Å². The third-order valence-corrected chi connectivity index (χ3v) is 6.73. The van der Waals surface area contributed by atoms with Gasteiger partial charge in [0.05, 0.1) is 37.3 Å². The summed E-state index contributed by atoms with van der Waals surface area (Å²) in [6, 6.07) is 8.54. The maximum atomic E-state index is 13.7. The Morgan fingerprint density at radius 2 is 1.79 bits per heavy atom. The van der Waals surface area contributed by atoms with Crippen molar-refractivity contribution in [3.8, 4) is 11.5 Å². The molecule has 33 heavy (non-hydrogen) atoms. The zero-order valence-corrected chi connectivity index (χ0v) is 19.3. The van der Waals surface area contributed by atoms with Crippen LogP contribution in [0.1, 0.15) is 51.7 Å². The molecule has 0 spiro atoms. The van der Waals surface area contributed by atoms with Crippen LogP contribution in [0.2, 0.25) is 0 Å². The van der Waals surface area contributed by atoms with E-state index in [2.05, 4.69) is 0 Å². The van der Waals surface area contributed by atoms with Crippen LogP contribution >= 0.6 is 0 Å². The lowest BCUT2D eigenvalue weighted by Gasteiger charge is -2.27. The van der Waals surface area contributed by atoms with Gasteiger partial charge < -0.3 is 23.5 Å². The maximum absolute atomic E-state index is 13.7. The third-order valence-electron chi connectivity index (χ3n) is 6.73. The minimum Gasteiger partial charge on any atom is -0.493 e. The number of nitrogens with zero attached hydrogens (tertiary/aromatic N) is 1. The summed E-state index contributed by atoms with van der Waals surface area (Å²) in [6.45, 7) is 4.98. The number of carbonyl (C=O) groups excluding carboxylic acids is 1. The summed E-state index contributed by atoms with van der Waals surface area (Å²) in [5.74, 6) is 0.920. The highest BCUT2D eigenvalue weighted by Gasteiger charge is 2.44. The number of hydrogen-bond donors (Lipinski definition) is 0. The molecule has 2 atom stereocenters. The lowest BCUT2D eigenvalue weighted by atomic mass is 9.97. The minimum absolute atomic E-state index is 0.0695. The van der Waals surface area contributed by atoms with Crippen molar-refractivity contribution < 1.29 is 23.4 Å². The molecule has 0 N–H and O–H groups in total. The summed E-state index contributed by atoms with van der Waals surface area (Å²) in [5.41, 5.74) is 3.37. The van der Waals surface area contributed by atoms with Gasteiger partial charge in [0.15, 0.2) is 16.9 Å². The predicted octanol–water partition coefficient (Wildman–Crippen LogP) is 4.15. The predicted molar refractivity (Wildman–Crippen MR) is 123 cm³/mol. The van der Waals surface area contributed by atoms with Crippen LogP contribution in [0.15, 0.2) is 39.5 Å². The molecule has 5 rings (SSSR count). The van der Waals surface area contributed by atoms with Crippen molar-refractivity contribution >= 4 is 16.9 Å². The molecule has 3 aromatic rings. The second-order valence-corrected chi connectivity index (χ2v) is 8.72. The van der Waals surface area contributed by atoms with Gasteiger partial charge in [-0.3, -0.25) is 9.59 Å². The number of amides is 1. The van der Waals surface area contributed by atoms with E-state index in [9.17, 15) is 9.59 Å². The van der Waals surface area contributed by atoms with Crippen LogP contribution in [0.4, 0.5) is 0 Å². The topological polar surface area (TPSA) is 78.2 Å². The van der Waals surface area contributed by atoms with Gasteiger partial charge in [0.2, 0.25) is 5.76 Å². The molecule has 1 fully saturated rings. The molecule has 2 aliphatic rings. The number of ether oxygens (including phenoxy) is 3. The molecule has 2 aliphatic heterocycles. The third kappa shape index (κ3) is 3.47. The van der Waals surface area contributed by atoms with Crippen LogP contribution in [0.3, 0.4) is 0 Å². The van der Waals surface area contributed by atoms with Crippen molar-refractivity contribution in [1.82, 2.24) is 4.90 Å². The molecule has 7 nitrogen and oxygen atoms in total. The van der Waals surface area contributed by atoms with Gasteiger partial charge in [0.25, 0.3) is 5.91 Å². The van der Waals surface area contributed by atoms with Crippen LogP contribution < -0.4 is 14.9 Å². The van der Waals surface area contributed by atoms with E-state index in [-0.39, 0.29) is 23.2 Å². The largest absolute Gasteiger partial charge is 0.493 e. The first-order valence-electron chi connectivity index (χ1n) is 11.2. The van der Waals surface area contributed by atoms with Crippen LogP contribution in [-0.4, -0.2) is 44.3 Å². The minimum atomic E-state index is -0.598. The highest BCUT2D eigenvalue weighted by atomic mass is 16.5. The second kappa shape index (κ2) is 8.23. The zero-order valence-electron chi connectivity index (χ0n) is 19.3. The first kappa shape index (κ1) is 21.5. The highest BCUT2D eigenvalue weighted by molar-refractivity contribution is 5.99. The summed E-state index contributed by atoms with van der Waals surface area (Å²) >= 11 is 0. The Balaban J connectivity index is 1.72. The molecular formula is C26H27NO6. The SMILES string of the molecule is COc1ccc([C@@H]2c3c(oc4cc(C)c(C)cc4c3=O)C(=O)N2C[C@H]2CCCO2)cc1OC. The van der Waals surface area contributed by atoms with Gasteiger partial charge in [-0.1, -0.05) is 6.07 Å². The van der Waals surface area contributed by atoms with Gasteiger partial charge in [0.1, 0.15) is 5.58 Å². The number of benzene rings is 2. The van der Waals surface area contributed by atoms with Gasteiger partial charge in [-0.05, 0) is 67.6 Å². The van der Waals surface area contributed by atoms with Crippen molar-refractivity contribution in [3.63, 3.8) is 0 Å². The highest BCUT2D eigenvalue weighted by Crippen LogP contribution is 2.41. The molecule has 1 aromatic heterocycles. The number of aryl methyl sites for hydroxylation is 2. The van der Waals surface area contributed by atoms with Crippen LogP contribution in [0, 0.1) is 13.8 Å². The fourth-order valence-corrected chi connectivity index (χ4v) is 4.84. The Kier molecular flexibility index (Phi) is 5.37. The first-order valence-corrected chi connectivity index (χ1v) is 11.2. The summed E-state index contributed by atoms with van der Waals surface area (Å²) in [5, 5.41) is 0.481. The molecule has 0 radical (unpaired) electrons. The number of carbonyl (C=O) groups is 1. The van der Waals surface area contributed by atoms with Gasteiger partial charge in [0, 0.05) is 13.2 Å². The number of fused-ring (bicyclic) bond motifs is 2. The normalized spacial score (nSPS) is 19.9. The van der Waals surface area contributed by atoms with Crippen molar-refractivity contribution in [2.24, 2.45) is 0 Å². The molecule has 0 bridgehead atoms. The maximum Gasteiger partial charge on any atom is 0.291 e. The fraction of sp³-hybridized carbons (Fsp3) is 0.385. The zero-order chi connectivity index (χ0) is 23.3. The first-order chi connectivity index (χ1) is 15.9. The molecular weight excluding hydrogens is 422 g/mol. The van der Waals surface area contributed by atoms with E-state index in [1.54, 1.807) is 25.2 Å². The van der Waals surface area contributed by atoms with E-state index < -0.39 is 6.04 Å². The summed E-state index contributed by atoms with van der Waals surface area (Å²) in [4.78, 5) is 29.0. The van der Waals surface area contributed by atoms with Crippen molar-refractivity contribution in [1.29, 1.82) is 0 Å². The van der Waals surface area contributed by atoms with E-state index in [0.29, 0.717) is 41.2 Å². The molecule has 1 saturated heterocycles. The summed E-state index contributed by atoms with van der Waals surface area (Å²) in [7, 11) is 3.13. The lowest BCUT2D eigenvalue weighted by Crippen LogP contribution is -2.36. The quantitative estimate of drug-likeness (QED) is 0.582. The second-order valence-electron chi connectivity index (χ2n) is 8.72. The molecule has 3 heterocycles. The standard InChI is InChI=1S/C26H27NO6/c1-14-10-18-20(11-15(14)2)33-25-22(24(18)28)23(16-7-8-19(30-3)21(12-16)31-4)27(26(25)29)13-17-6-5-9-32-17/h7-8,10-12,17,23H,5-6,9,13H2,1-4H3/t17-,23-/m1/s1. The number of methoxy groups -OCH3 is 2. The van der Waals surface area contributed by atoms with Crippen molar-refractivity contribution in [2.45, 2.75) is 38.8 Å². The van der Waals surface area contributed by atoms with Crippen LogP contribution in [0.25, 0.3) is 11.0 Å². The van der Waals surface area contributed by atoms with Crippen LogP contribution in [-0.2, 0) is 4.74 Å². The Bertz CT molecular complexity index is 1300. The monoisotopic (exact) mass is 449 g/mol. The van der Waals surface area contributed by atoms with E-state index in [4.69, 9.17) is 18.6 Å². The molecule has 7 heteroatoms. The average Bonchev–Trinajstić information content (AvgIpc) is 3.42. The van der Waals surface area contributed by atoms with Gasteiger partial charge >= 0.3 is 0 Å². The number of hydrogen-bond acceptors (Lipinski definition) is 6. The van der Waals surface area contributed by atoms with E-state index in [0.717, 1.165) is 29.5 Å². The van der Waals surface area contributed by atoms with E-state index in [1.165, 1.54) is 0 Å². The van der Waals surface area contributed by atoms with E-state index >= 15 is 0 Å². The van der Waals surface area contributed by atoms with Gasteiger partial charge in [-0.2, -0.15) is 0 Å². The molecule has 2 aromatic carbocycles.